The molecule has 1 aromatic carbocycles. The quantitative estimate of drug-likeness (QED) is 0.356. The van der Waals surface area contributed by atoms with Gasteiger partial charge in [0.15, 0.2) is 0 Å². The molecule has 0 radical (unpaired) electrons. The molecular weight excluding hydrogens is 477 g/mol. The lowest BCUT2D eigenvalue weighted by molar-refractivity contribution is 0.0945. The number of methoxy groups -OCH3 is 2. The topological polar surface area (TPSA) is 100 Å². The van der Waals surface area contributed by atoms with Gasteiger partial charge >= 0.3 is 0 Å². The number of carbonyl (C=O) groups excluding carboxylic acids is 1. The van der Waals surface area contributed by atoms with E-state index >= 15 is 0 Å². The number of nitrogens with one attached hydrogen (secondary N) is 1. The van der Waals surface area contributed by atoms with Crippen LogP contribution in [0.5, 0.6) is 5.75 Å². The van der Waals surface area contributed by atoms with Crippen molar-refractivity contribution in [3.05, 3.63) is 111 Å². The summed E-state index contributed by atoms with van der Waals surface area (Å²) in [4.78, 5) is 29.3. The number of hydrogen-bond acceptors (Lipinski definition) is 6. The smallest absolute Gasteiger partial charge is 0.255 e. The standard InChI is InChI=1S/C27H28FN5O4/c1-18-23(29-11-10-25(18)37-3)12-30-27(35)22-16-33(31-24(22)17-36-2)14-20-6-4-19(5-7-20)13-32-15-21(28)8-9-26(32)34/h4-11,15-16H,12-14,17H2,1-3H3,(H,30,35). The van der Waals surface area contributed by atoms with E-state index in [9.17, 15) is 14.0 Å². The highest BCUT2D eigenvalue weighted by atomic mass is 19.1. The van der Waals surface area contributed by atoms with Crippen LogP contribution >= 0.6 is 0 Å². The fourth-order valence-electron chi connectivity index (χ4n) is 3.95. The first-order valence-electron chi connectivity index (χ1n) is 11.6. The second-order valence-electron chi connectivity index (χ2n) is 8.52. The first kappa shape index (κ1) is 25.8. The molecule has 37 heavy (non-hydrogen) atoms. The Hall–Kier alpha value is -4.31. The number of benzene rings is 1. The number of halogens is 1. The Morgan fingerprint density at radius 3 is 2.43 bits per heavy atom. The second-order valence-corrected chi connectivity index (χ2v) is 8.52. The zero-order valence-corrected chi connectivity index (χ0v) is 20.9. The minimum atomic E-state index is -0.462. The summed E-state index contributed by atoms with van der Waals surface area (Å²) in [6, 6.07) is 11.7. The molecule has 0 saturated carbocycles. The zero-order chi connectivity index (χ0) is 26.4. The van der Waals surface area contributed by atoms with E-state index in [2.05, 4.69) is 15.4 Å². The van der Waals surface area contributed by atoms with Gasteiger partial charge in [-0.3, -0.25) is 19.3 Å². The van der Waals surface area contributed by atoms with Crippen molar-refractivity contribution < 1.29 is 18.7 Å². The highest BCUT2D eigenvalue weighted by Crippen LogP contribution is 2.19. The number of rotatable bonds is 10. The third-order valence-corrected chi connectivity index (χ3v) is 5.93. The first-order valence-corrected chi connectivity index (χ1v) is 11.6. The molecule has 3 heterocycles. The van der Waals surface area contributed by atoms with Crippen LogP contribution in [0.4, 0.5) is 4.39 Å². The average molecular weight is 506 g/mol. The summed E-state index contributed by atoms with van der Waals surface area (Å²) in [5.74, 6) is -0.0316. The Morgan fingerprint density at radius 2 is 1.73 bits per heavy atom. The second kappa shape index (κ2) is 11.6. The van der Waals surface area contributed by atoms with Crippen LogP contribution in [0.15, 0.2) is 65.8 Å². The lowest BCUT2D eigenvalue weighted by atomic mass is 10.1. The van der Waals surface area contributed by atoms with Crippen molar-refractivity contribution in [2.24, 2.45) is 0 Å². The Kier molecular flexibility index (Phi) is 8.09. The van der Waals surface area contributed by atoms with Crippen molar-refractivity contribution in [3.8, 4) is 5.75 Å². The molecule has 3 aromatic heterocycles. The number of nitrogens with zero attached hydrogens (tertiary/aromatic N) is 4. The number of hydrogen-bond donors (Lipinski definition) is 1. The molecule has 0 spiro atoms. The van der Waals surface area contributed by atoms with Gasteiger partial charge < -0.3 is 19.4 Å². The fraction of sp³-hybridized carbons (Fsp3) is 0.259. The molecule has 0 aliphatic heterocycles. The molecule has 1 amide bonds. The maximum Gasteiger partial charge on any atom is 0.255 e. The van der Waals surface area contributed by atoms with Crippen LogP contribution < -0.4 is 15.6 Å². The van der Waals surface area contributed by atoms with Crippen LogP contribution in [0.3, 0.4) is 0 Å². The highest BCUT2D eigenvalue weighted by molar-refractivity contribution is 5.95. The monoisotopic (exact) mass is 505 g/mol. The van der Waals surface area contributed by atoms with Crippen molar-refractivity contribution in [1.82, 2.24) is 24.6 Å². The summed E-state index contributed by atoms with van der Waals surface area (Å²) in [7, 11) is 3.14. The molecule has 192 valence electrons. The summed E-state index contributed by atoms with van der Waals surface area (Å²) in [6.07, 6.45) is 4.52. The van der Waals surface area contributed by atoms with Crippen LogP contribution in [-0.2, 0) is 31.0 Å². The van der Waals surface area contributed by atoms with Gasteiger partial charge in [0.05, 0.1) is 44.6 Å². The predicted molar refractivity (Wildman–Crippen MR) is 135 cm³/mol. The van der Waals surface area contributed by atoms with Gasteiger partial charge in [-0.25, -0.2) is 4.39 Å². The van der Waals surface area contributed by atoms with Gasteiger partial charge in [0.2, 0.25) is 0 Å². The van der Waals surface area contributed by atoms with Crippen LogP contribution in [0.25, 0.3) is 0 Å². The molecule has 0 aliphatic rings. The molecule has 1 N–H and O–H groups in total. The van der Waals surface area contributed by atoms with Crippen LogP contribution in [-0.4, -0.2) is 39.5 Å². The Labute approximate surface area is 213 Å². The van der Waals surface area contributed by atoms with E-state index in [0.717, 1.165) is 22.8 Å². The Balaban J connectivity index is 1.45. The van der Waals surface area contributed by atoms with Gasteiger partial charge in [0.1, 0.15) is 17.3 Å². The van der Waals surface area contributed by atoms with Gasteiger partial charge in [-0.05, 0) is 30.2 Å². The van der Waals surface area contributed by atoms with Crippen LogP contribution in [0, 0.1) is 12.7 Å². The van der Waals surface area contributed by atoms with Crippen LogP contribution in [0.1, 0.15) is 38.4 Å². The highest BCUT2D eigenvalue weighted by Gasteiger charge is 2.17. The summed E-state index contributed by atoms with van der Waals surface area (Å²) in [6.45, 7) is 3.02. The van der Waals surface area contributed by atoms with Crippen LogP contribution in [0.2, 0.25) is 0 Å². The van der Waals surface area contributed by atoms with E-state index in [0.29, 0.717) is 29.2 Å². The molecule has 0 saturated heterocycles. The van der Waals surface area contributed by atoms with Gasteiger partial charge in [0.25, 0.3) is 11.5 Å². The molecule has 4 rings (SSSR count). The average Bonchev–Trinajstić information content (AvgIpc) is 3.29. The number of pyridine rings is 2. The van der Waals surface area contributed by atoms with Gasteiger partial charge in [-0.15, -0.1) is 0 Å². The summed E-state index contributed by atoms with van der Waals surface area (Å²) < 4.78 is 27.0. The van der Waals surface area contributed by atoms with Crippen molar-refractivity contribution in [1.29, 1.82) is 0 Å². The number of amides is 1. The SMILES string of the molecule is COCc1nn(Cc2ccc(Cn3cc(F)ccc3=O)cc2)cc1C(=O)NCc1nccc(OC)c1C. The van der Waals surface area contributed by atoms with E-state index in [1.807, 2.05) is 31.2 Å². The van der Waals surface area contributed by atoms with Gasteiger partial charge in [0, 0.05) is 37.3 Å². The minimum absolute atomic E-state index is 0.188. The van der Waals surface area contributed by atoms with Crippen molar-refractivity contribution in [3.63, 3.8) is 0 Å². The van der Waals surface area contributed by atoms with Crippen molar-refractivity contribution in [2.45, 2.75) is 33.2 Å². The van der Waals surface area contributed by atoms with Crippen molar-refractivity contribution >= 4 is 5.91 Å². The summed E-state index contributed by atoms with van der Waals surface area (Å²) >= 11 is 0. The maximum absolute atomic E-state index is 13.5. The molecule has 4 aromatic rings. The normalized spacial score (nSPS) is 10.9. The molecule has 9 nitrogen and oxygen atoms in total. The Bertz CT molecular complexity index is 1450. The summed E-state index contributed by atoms with van der Waals surface area (Å²) in [5, 5.41) is 7.44. The lowest BCUT2D eigenvalue weighted by Gasteiger charge is -2.10. The summed E-state index contributed by atoms with van der Waals surface area (Å²) in [5.41, 5.74) is 4.07. The number of ether oxygens (including phenoxy) is 2. The van der Waals surface area contributed by atoms with Gasteiger partial charge in [-0.2, -0.15) is 5.10 Å². The van der Waals surface area contributed by atoms with E-state index < -0.39 is 5.82 Å². The van der Waals surface area contributed by atoms with E-state index in [1.54, 1.807) is 37.4 Å². The third-order valence-electron chi connectivity index (χ3n) is 5.93. The van der Waals surface area contributed by atoms with E-state index in [4.69, 9.17) is 9.47 Å². The predicted octanol–water partition coefficient (Wildman–Crippen LogP) is 3.07. The molecule has 10 heteroatoms. The molecule has 0 unspecified atom stereocenters. The Morgan fingerprint density at radius 1 is 1.00 bits per heavy atom. The zero-order valence-electron chi connectivity index (χ0n) is 20.9. The molecule has 0 bridgehead atoms. The fourth-order valence-corrected chi connectivity index (χ4v) is 3.95. The van der Waals surface area contributed by atoms with E-state index in [-0.39, 0.29) is 31.2 Å². The number of aromatic nitrogens is 4. The van der Waals surface area contributed by atoms with Crippen molar-refractivity contribution in [2.75, 3.05) is 14.2 Å². The maximum atomic E-state index is 13.5. The van der Waals surface area contributed by atoms with E-state index in [1.165, 1.54) is 16.8 Å². The lowest BCUT2D eigenvalue weighted by Crippen LogP contribution is -2.24. The largest absolute Gasteiger partial charge is 0.496 e. The third kappa shape index (κ3) is 6.28. The molecule has 0 aliphatic carbocycles. The molecule has 0 atom stereocenters. The van der Waals surface area contributed by atoms with Gasteiger partial charge in [-0.1, -0.05) is 24.3 Å². The number of carbonyl (C=O) groups is 1. The minimum Gasteiger partial charge on any atom is -0.496 e. The molecular formula is C27H28FN5O4. The first-order chi connectivity index (χ1) is 17.9. The molecule has 0 fully saturated rings.